The molecule has 4 nitrogen and oxygen atoms in total. The molecule has 0 bridgehead atoms. The van der Waals surface area contributed by atoms with Crippen LogP contribution < -0.4 is 10.6 Å². The van der Waals surface area contributed by atoms with E-state index in [1.807, 2.05) is 0 Å². The monoisotopic (exact) mass is 304 g/mol. The van der Waals surface area contributed by atoms with Crippen LogP contribution in [0.25, 0.3) is 0 Å². The Morgan fingerprint density at radius 1 is 1.05 bits per heavy atom. The normalized spacial score (nSPS) is 10.1. The van der Waals surface area contributed by atoms with Gasteiger partial charge in [0.15, 0.2) is 11.6 Å². The first-order valence-electron chi connectivity index (χ1n) is 6.55. The summed E-state index contributed by atoms with van der Waals surface area (Å²) in [5.41, 5.74) is 1.31. The number of hydrogen-bond acceptors (Lipinski definition) is 2. The molecule has 2 N–H and O–H groups in total. The topological polar surface area (TPSA) is 58.2 Å². The third kappa shape index (κ3) is 4.12. The molecular formula is C16H14F2N2O2. The molecule has 0 heterocycles. The Morgan fingerprint density at radius 2 is 1.82 bits per heavy atom. The Hall–Kier alpha value is -2.76. The molecule has 0 aliphatic rings. The molecule has 6 heteroatoms. The van der Waals surface area contributed by atoms with Crippen LogP contribution in [0.15, 0.2) is 42.5 Å². The van der Waals surface area contributed by atoms with E-state index in [4.69, 9.17) is 0 Å². The molecule has 0 saturated carbocycles. The van der Waals surface area contributed by atoms with Gasteiger partial charge in [0, 0.05) is 24.7 Å². The fourth-order valence-corrected chi connectivity index (χ4v) is 1.88. The van der Waals surface area contributed by atoms with Gasteiger partial charge in [0.05, 0.1) is 0 Å². The van der Waals surface area contributed by atoms with E-state index in [-0.39, 0.29) is 18.4 Å². The first kappa shape index (κ1) is 15.6. The Morgan fingerprint density at radius 3 is 2.50 bits per heavy atom. The summed E-state index contributed by atoms with van der Waals surface area (Å²) >= 11 is 0. The van der Waals surface area contributed by atoms with Crippen molar-refractivity contribution in [2.75, 3.05) is 5.32 Å². The largest absolute Gasteiger partial charge is 0.348 e. The lowest BCUT2D eigenvalue weighted by molar-refractivity contribution is -0.114. The summed E-state index contributed by atoms with van der Waals surface area (Å²) in [6, 6.07) is 9.85. The molecule has 0 saturated heterocycles. The lowest BCUT2D eigenvalue weighted by atomic mass is 10.1. The van der Waals surface area contributed by atoms with Gasteiger partial charge in [-0.1, -0.05) is 12.1 Å². The second-order valence-corrected chi connectivity index (χ2v) is 4.69. The van der Waals surface area contributed by atoms with Gasteiger partial charge in [-0.2, -0.15) is 0 Å². The lowest BCUT2D eigenvalue weighted by Gasteiger charge is -2.08. The number of benzene rings is 2. The average molecular weight is 304 g/mol. The summed E-state index contributed by atoms with van der Waals surface area (Å²) in [7, 11) is 0. The van der Waals surface area contributed by atoms with Crippen molar-refractivity contribution in [1.82, 2.24) is 5.32 Å². The summed E-state index contributed by atoms with van der Waals surface area (Å²) in [6.45, 7) is 1.44. The Kier molecular flexibility index (Phi) is 4.83. The van der Waals surface area contributed by atoms with Gasteiger partial charge in [-0.3, -0.25) is 9.59 Å². The van der Waals surface area contributed by atoms with Crippen molar-refractivity contribution in [3.63, 3.8) is 0 Å². The zero-order chi connectivity index (χ0) is 16.1. The van der Waals surface area contributed by atoms with Crippen molar-refractivity contribution in [2.24, 2.45) is 0 Å². The van der Waals surface area contributed by atoms with E-state index in [0.717, 1.165) is 12.1 Å². The predicted octanol–water partition coefficient (Wildman–Crippen LogP) is 2.85. The molecule has 0 radical (unpaired) electrons. The van der Waals surface area contributed by atoms with Crippen molar-refractivity contribution in [3.8, 4) is 0 Å². The van der Waals surface area contributed by atoms with Crippen LogP contribution in [0.5, 0.6) is 0 Å². The summed E-state index contributed by atoms with van der Waals surface area (Å²) in [5, 5.41) is 5.18. The number of carbonyl (C=O) groups is 2. The van der Waals surface area contributed by atoms with Crippen LogP contribution in [-0.2, 0) is 11.3 Å². The Balaban J connectivity index is 2.02. The molecule has 22 heavy (non-hydrogen) atoms. The molecular weight excluding hydrogens is 290 g/mol. The van der Waals surface area contributed by atoms with Gasteiger partial charge < -0.3 is 10.6 Å². The highest BCUT2D eigenvalue weighted by Gasteiger charge is 2.08. The molecule has 2 aromatic rings. The fourth-order valence-electron chi connectivity index (χ4n) is 1.88. The maximum absolute atomic E-state index is 13.1. The predicted molar refractivity (Wildman–Crippen MR) is 78.3 cm³/mol. The Labute approximate surface area is 126 Å². The first-order valence-corrected chi connectivity index (χ1v) is 6.55. The quantitative estimate of drug-likeness (QED) is 0.912. The number of carbonyl (C=O) groups excluding carboxylic acids is 2. The number of halogens is 2. The Bertz CT molecular complexity index is 717. The van der Waals surface area contributed by atoms with E-state index in [9.17, 15) is 18.4 Å². The second-order valence-electron chi connectivity index (χ2n) is 4.69. The van der Waals surface area contributed by atoms with Crippen LogP contribution in [-0.4, -0.2) is 11.8 Å². The molecule has 2 aromatic carbocycles. The van der Waals surface area contributed by atoms with Crippen molar-refractivity contribution < 1.29 is 18.4 Å². The van der Waals surface area contributed by atoms with Gasteiger partial charge in [-0.25, -0.2) is 8.78 Å². The summed E-state index contributed by atoms with van der Waals surface area (Å²) in [4.78, 5) is 23.0. The molecule has 0 aliphatic carbocycles. The summed E-state index contributed by atoms with van der Waals surface area (Å²) in [5.74, 6) is -2.51. The maximum atomic E-state index is 13.1. The molecule has 0 unspecified atom stereocenters. The van der Waals surface area contributed by atoms with E-state index in [1.54, 1.807) is 18.2 Å². The molecule has 0 aliphatic heterocycles. The molecule has 0 spiro atoms. The number of hydrogen-bond donors (Lipinski definition) is 2. The van der Waals surface area contributed by atoms with Crippen molar-refractivity contribution in [3.05, 3.63) is 65.2 Å². The zero-order valence-electron chi connectivity index (χ0n) is 11.8. The van der Waals surface area contributed by atoms with E-state index in [2.05, 4.69) is 10.6 Å². The SMILES string of the molecule is CC(=O)Nc1cccc(C(=O)NCc2ccc(F)c(F)c2)c1. The number of rotatable bonds is 4. The maximum Gasteiger partial charge on any atom is 0.251 e. The lowest BCUT2D eigenvalue weighted by Crippen LogP contribution is -2.23. The van der Waals surface area contributed by atoms with Gasteiger partial charge in [0.2, 0.25) is 5.91 Å². The first-order chi connectivity index (χ1) is 10.5. The van der Waals surface area contributed by atoms with Crippen LogP contribution in [0.3, 0.4) is 0 Å². The molecule has 0 atom stereocenters. The van der Waals surface area contributed by atoms with E-state index >= 15 is 0 Å². The smallest absolute Gasteiger partial charge is 0.251 e. The minimum atomic E-state index is -0.959. The third-order valence-electron chi connectivity index (χ3n) is 2.88. The number of amides is 2. The van der Waals surface area contributed by atoms with Gasteiger partial charge in [-0.05, 0) is 35.9 Å². The standard InChI is InChI=1S/C16H14F2N2O2/c1-10(21)20-13-4-2-3-12(8-13)16(22)19-9-11-5-6-14(17)15(18)7-11/h2-8H,9H2,1H3,(H,19,22)(H,20,21). The number of nitrogens with one attached hydrogen (secondary N) is 2. The molecule has 114 valence electrons. The molecule has 2 amide bonds. The van der Waals surface area contributed by atoms with Crippen LogP contribution in [0.2, 0.25) is 0 Å². The summed E-state index contributed by atoms with van der Waals surface area (Å²) in [6.07, 6.45) is 0. The van der Waals surface area contributed by atoms with Gasteiger partial charge >= 0.3 is 0 Å². The van der Waals surface area contributed by atoms with Gasteiger partial charge in [0.25, 0.3) is 5.91 Å². The van der Waals surface area contributed by atoms with E-state index < -0.39 is 11.6 Å². The van der Waals surface area contributed by atoms with Gasteiger partial charge in [-0.15, -0.1) is 0 Å². The molecule has 2 rings (SSSR count). The van der Waals surface area contributed by atoms with Crippen LogP contribution >= 0.6 is 0 Å². The highest BCUT2D eigenvalue weighted by Crippen LogP contribution is 2.12. The van der Waals surface area contributed by atoms with Crippen LogP contribution in [0.4, 0.5) is 14.5 Å². The number of anilines is 1. The van der Waals surface area contributed by atoms with Crippen LogP contribution in [0.1, 0.15) is 22.8 Å². The van der Waals surface area contributed by atoms with Crippen molar-refractivity contribution >= 4 is 17.5 Å². The van der Waals surface area contributed by atoms with Gasteiger partial charge in [0.1, 0.15) is 0 Å². The van der Waals surface area contributed by atoms with Crippen molar-refractivity contribution in [1.29, 1.82) is 0 Å². The zero-order valence-corrected chi connectivity index (χ0v) is 11.8. The second kappa shape index (κ2) is 6.80. The third-order valence-corrected chi connectivity index (χ3v) is 2.88. The van der Waals surface area contributed by atoms with Crippen LogP contribution in [0, 0.1) is 11.6 Å². The minimum absolute atomic E-state index is 0.0698. The highest BCUT2D eigenvalue weighted by atomic mass is 19.2. The molecule has 0 fully saturated rings. The minimum Gasteiger partial charge on any atom is -0.348 e. The van der Waals surface area contributed by atoms with E-state index in [0.29, 0.717) is 16.8 Å². The molecule has 0 aromatic heterocycles. The van der Waals surface area contributed by atoms with E-state index in [1.165, 1.54) is 19.1 Å². The fraction of sp³-hybridized carbons (Fsp3) is 0.125. The average Bonchev–Trinajstić information content (AvgIpc) is 2.48. The highest BCUT2D eigenvalue weighted by molar-refractivity contribution is 5.96. The van der Waals surface area contributed by atoms with Crippen molar-refractivity contribution in [2.45, 2.75) is 13.5 Å². The summed E-state index contributed by atoms with van der Waals surface area (Å²) < 4.78 is 25.9.